The van der Waals surface area contributed by atoms with Gasteiger partial charge in [0.1, 0.15) is 5.75 Å². The second-order valence-electron chi connectivity index (χ2n) is 8.53. The van der Waals surface area contributed by atoms with Gasteiger partial charge in [-0.2, -0.15) is 5.26 Å². The lowest BCUT2D eigenvalue weighted by molar-refractivity contribution is -0.115. The summed E-state index contributed by atoms with van der Waals surface area (Å²) in [7, 11) is 1.63. The molecular weight excluding hydrogens is 388 g/mol. The van der Waals surface area contributed by atoms with Gasteiger partial charge < -0.3 is 14.6 Å². The van der Waals surface area contributed by atoms with Gasteiger partial charge in [0.05, 0.1) is 47.9 Å². The van der Waals surface area contributed by atoms with Gasteiger partial charge in [0.2, 0.25) is 5.91 Å². The van der Waals surface area contributed by atoms with E-state index in [9.17, 15) is 10.1 Å². The van der Waals surface area contributed by atoms with Crippen molar-refractivity contribution in [1.82, 2.24) is 4.57 Å². The van der Waals surface area contributed by atoms with Crippen molar-refractivity contribution in [2.24, 2.45) is 4.99 Å². The van der Waals surface area contributed by atoms with Crippen molar-refractivity contribution < 1.29 is 9.53 Å². The Morgan fingerprint density at radius 1 is 1.16 bits per heavy atom. The van der Waals surface area contributed by atoms with Gasteiger partial charge >= 0.3 is 0 Å². The van der Waals surface area contributed by atoms with Gasteiger partial charge in [-0.3, -0.25) is 4.79 Å². The van der Waals surface area contributed by atoms with Crippen LogP contribution in [0.3, 0.4) is 0 Å². The van der Waals surface area contributed by atoms with Crippen LogP contribution in [-0.4, -0.2) is 23.3 Å². The fourth-order valence-electron chi connectivity index (χ4n) is 3.77. The lowest BCUT2D eigenvalue weighted by Crippen LogP contribution is -2.17. The third kappa shape index (κ3) is 3.95. The smallest absolute Gasteiger partial charge is 0.230 e. The van der Waals surface area contributed by atoms with E-state index in [4.69, 9.17) is 9.73 Å². The van der Waals surface area contributed by atoms with Crippen LogP contribution in [0.2, 0.25) is 0 Å². The van der Waals surface area contributed by atoms with E-state index in [1.165, 1.54) is 0 Å². The number of amides is 1. The van der Waals surface area contributed by atoms with Gasteiger partial charge in [-0.15, -0.1) is 0 Å². The maximum absolute atomic E-state index is 12.7. The van der Waals surface area contributed by atoms with Crippen molar-refractivity contribution >= 4 is 23.0 Å². The van der Waals surface area contributed by atoms with Gasteiger partial charge in [-0.25, -0.2) is 4.99 Å². The molecule has 31 heavy (non-hydrogen) atoms. The molecule has 0 saturated heterocycles. The highest BCUT2D eigenvalue weighted by Gasteiger charge is 2.23. The van der Waals surface area contributed by atoms with Crippen molar-refractivity contribution in [3.8, 4) is 17.5 Å². The van der Waals surface area contributed by atoms with Crippen LogP contribution >= 0.6 is 0 Å². The number of carbonyl (C=O) groups is 1. The SMILES string of the molecule is COc1cc2c(cc1-n1cccc1C(C)(C)C)NC(=O)CC(c1cccc(C#N)c1)=N2. The first-order valence-electron chi connectivity index (χ1n) is 10.1. The molecule has 1 aliphatic heterocycles. The van der Waals surface area contributed by atoms with Crippen LogP contribution in [0.5, 0.6) is 5.75 Å². The third-order valence-electron chi connectivity index (χ3n) is 5.26. The Hall–Kier alpha value is -3.85. The second-order valence-corrected chi connectivity index (χ2v) is 8.53. The van der Waals surface area contributed by atoms with Crippen LogP contribution in [0, 0.1) is 11.3 Å². The molecule has 1 amide bonds. The van der Waals surface area contributed by atoms with E-state index in [1.807, 2.05) is 30.5 Å². The maximum atomic E-state index is 12.7. The number of nitrogens with zero attached hydrogens (tertiary/aromatic N) is 3. The molecule has 2 aromatic carbocycles. The zero-order valence-electron chi connectivity index (χ0n) is 18.1. The minimum Gasteiger partial charge on any atom is -0.494 e. The normalized spacial score (nSPS) is 13.5. The number of anilines is 1. The zero-order chi connectivity index (χ0) is 22.2. The Kier molecular flexibility index (Phi) is 5.12. The average Bonchev–Trinajstić information content (AvgIpc) is 3.18. The van der Waals surface area contributed by atoms with E-state index in [0.717, 1.165) is 16.9 Å². The molecule has 6 nitrogen and oxygen atoms in total. The van der Waals surface area contributed by atoms with Crippen LogP contribution < -0.4 is 10.1 Å². The lowest BCUT2D eigenvalue weighted by atomic mass is 9.92. The first-order chi connectivity index (χ1) is 14.8. The Labute approximate surface area is 181 Å². The van der Waals surface area contributed by atoms with E-state index >= 15 is 0 Å². The fraction of sp³-hybridized carbons (Fsp3) is 0.240. The molecule has 0 fully saturated rings. The predicted octanol–water partition coefficient (Wildman–Crippen LogP) is 5.12. The molecule has 0 saturated carbocycles. The number of benzene rings is 2. The van der Waals surface area contributed by atoms with Gasteiger partial charge in [-0.1, -0.05) is 32.9 Å². The number of methoxy groups -OCH3 is 1. The summed E-state index contributed by atoms with van der Waals surface area (Å²) in [4.78, 5) is 17.4. The monoisotopic (exact) mass is 412 g/mol. The summed E-state index contributed by atoms with van der Waals surface area (Å²) in [5.74, 6) is 0.505. The highest BCUT2D eigenvalue weighted by Crippen LogP contribution is 2.39. The predicted molar refractivity (Wildman–Crippen MR) is 122 cm³/mol. The largest absolute Gasteiger partial charge is 0.494 e. The summed E-state index contributed by atoms with van der Waals surface area (Å²) < 4.78 is 7.78. The van der Waals surface area contributed by atoms with E-state index < -0.39 is 0 Å². The summed E-state index contributed by atoms with van der Waals surface area (Å²) in [6, 6.07) is 17.1. The van der Waals surface area contributed by atoms with Crippen molar-refractivity contribution in [3.05, 3.63) is 71.5 Å². The van der Waals surface area contributed by atoms with E-state index in [1.54, 1.807) is 25.3 Å². The van der Waals surface area contributed by atoms with Gasteiger partial charge in [-0.05, 0) is 35.9 Å². The zero-order valence-corrected chi connectivity index (χ0v) is 18.1. The molecule has 2 heterocycles. The topological polar surface area (TPSA) is 79.4 Å². The Bertz CT molecular complexity index is 1240. The summed E-state index contributed by atoms with van der Waals surface area (Å²) >= 11 is 0. The first-order valence-corrected chi connectivity index (χ1v) is 10.1. The van der Waals surface area contributed by atoms with Crippen LogP contribution in [0.25, 0.3) is 5.69 Å². The van der Waals surface area contributed by atoms with Crippen molar-refractivity contribution in [1.29, 1.82) is 5.26 Å². The number of fused-ring (bicyclic) bond motifs is 1. The van der Waals surface area contributed by atoms with E-state index in [-0.39, 0.29) is 17.7 Å². The number of hydrogen-bond acceptors (Lipinski definition) is 4. The number of aliphatic imine (C=N–C) groups is 1. The van der Waals surface area contributed by atoms with Crippen LogP contribution in [-0.2, 0) is 10.2 Å². The quantitative estimate of drug-likeness (QED) is 0.648. The average molecular weight is 412 g/mol. The molecule has 6 heteroatoms. The summed E-state index contributed by atoms with van der Waals surface area (Å²) in [5.41, 5.74) is 5.03. The first kappa shape index (κ1) is 20.4. The molecule has 0 aliphatic carbocycles. The molecule has 0 atom stereocenters. The summed E-state index contributed by atoms with van der Waals surface area (Å²) in [6.45, 7) is 6.47. The number of aromatic nitrogens is 1. The van der Waals surface area contributed by atoms with E-state index in [2.05, 4.69) is 42.8 Å². The van der Waals surface area contributed by atoms with Gasteiger partial charge in [0.15, 0.2) is 0 Å². The number of ether oxygens (including phenoxy) is 1. The number of nitriles is 1. The van der Waals surface area contributed by atoms with Crippen molar-refractivity contribution in [2.75, 3.05) is 12.4 Å². The second kappa shape index (κ2) is 7.77. The molecule has 0 radical (unpaired) electrons. The highest BCUT2D eigenvalue weighted by atomic mass is 16.5. The fourth-order valence-corrected chi connectivity index (χ4v) is 3.77. The minimum absolute atomic E-state index is 0.0678. The number of nitrogens with one attached hydrogen (secondary N) is 1. The Balaban J connectivity index is 1.87. The molecule has 3 aromatic rings. The maximum Gasteiger partial charge on any atom is 0.230 e. The number of rotatable bonds is 3. The Morgan fingerprint density at radius 2 is 1.97 bits per heavy atom. The summed E-state index contributed by atoms with van der Waals surface area (Å²) in [5, 5.41) is 12.2. The Morgan fingerprint density at radius 3 is 2.68 bits per heavy atom. The van der Waals surface area contributed by atoms with Gasteiger partial charge in [0, 0.05) is 23.4 Å². The van der Waals surface area contributed by atoms with Crippen LogP contribution in [0.15, 0.2) is 59.7 Å². The van der Waals surface area contributed by atoms with Crippen molar-refractivity contribution in [3.63, 3.8) is 0 Å². The highest BCUT2D eigenvalue weighted by molar-refractivity contribution is 6.17. The number of carbonyl (C=O) groups excluding carboxylic acids is 1. The lowest BCUT2D eigenvalue weighted by Gasteiger charge is -2.23. The minimum atomic E-state index is -0.153. The molecule has 1 N–H and O–H groups in total. The van der Waals surface area contributed by atoms with Crippen molar-refractivity contribution in [2.45, 2.75) is 32.6 Å². The molecule has 0 bridgehead atoms. The molecule has 4 rings (SSSR count). The molecule has 156 valence electrons. The summed E-state index contributed by atoms with van der Waals surface area (Å²) in [6.07, 6.45) is 2.11. The molecule has 0 unspecified atom stereocenters. The van der Waals surface area contributed by atoms with E-state index in [0.29, 0.717) is 28.4 Å². The van der Waals surface area contributed by atoms with Gasteiger partial charge in [0.25, 0.3) is 0 Å². The molecule has 1 aromatic heterocycles. The molecular formula is C25H24N4O2. The molecule has 1 aliphatic rings. The standard InChI is InChI=1S/C25H24N4O2/c1-25(2,3)23-9-6-10-29(23)21-12-19-20(13-22(21)31-4)27-18(14-24(30)28-19)17-8-5-7-16(11-17)15-26/h5-13H,14H2,1-4H3,(H,28,30). The van der Waals surface area contributed by atoms with Crippen LogP contribution in [0.1, 0.15) is 44.0 Å². The third-order valence-corrected chi connectivity index (χ3v) is 5.26. The number of hydrogen-bond donors (Lipinski definition) is 1. The molecule has 0 spiro atoms. The van der Waals surface area contributed by atoms with Crippen LogP contribution in [0.4, 0.5) is 11.4 Å².